The van der Waals surface area contributed by atoms with Gasteiger partial charge in [-0.05, 0) is 75.3 Å². The Morgan fingerprint density at radius 2 is 1.01 bits per heavy atom. The van der Waals surface area contributed by atoms with Crippen LogP contribution in [0.1, 0.15) is 151 Å². The van der Waals surface area contributed by atoms with Gasteiger partial charge in [0.1, 0.15) is 54.4 Å². The Hall–Kier alpha value is -8.29. The molecule has 14 amide bonds. The zero-order valence-electron chi connectivity index (χ0n) is 65.1. The SMILES string of the molecule is CC[C@H](C)CC(=O)O[C@@H](C)[C@@H](NC(=O)[C@H](CO)NC(=O)[C@@H](NC(=O)[C@H](NC(=O)[C@@H](CCC(N)=O)NC(=O)[C@H](CO)NC(=O)[C@@H](NC(=O)[C@@H](Cc1ccccc1)NC)[C@@H](C)CC)[C@@H](C)CC)[C@@H](C)CC)C(=O)N[C@@H](CC(=O)NCCOCCOCCOCCCNC(=O)CCCC[C@@H]1SC[C@@H]2NC(=O)N[C@@H]21)C(=O)NC. The van der Waals surface area contributed by atoms with Gasteiger partial charge in [0.2, 0.25) is 70.9 Å². The summed E-state index contributed by atoms with van der Waals surface area (Å²) in [4.78, 5) is 189. The normalized spacial score (nSPS) is 18.2. The average Bonchev–Trinajstić information content (AvgIpc) is 1.32. The van der Waals surface area contributed by atoms with Crippen LogP contribution in [-0.2, 0) is 87.7 Å². The fourth-order valence-corrected chi connectivity index (χ4v) is 13.2. The molecule has 36 heteroatoms. The molecule has 0 saturated carbocycles. The molecule has 35 nitrogen and oxygen atoms in total. The van der Waals surface area contributed by atoms with E-state index in [1.807, 2.05) is 49.0 Å². The first-order valence-corrected chi connectivity index (χ1v) is 39.0. The number of esters is 1. The van der Waals surface area contributed by atoms with Gasteiger partial charge in [0.05, 0.1) is 70.8 Å². The summed E-state index contributed by atoms with van der Waals surface area (Å²) in [7, 11) is 2.85. The van der Waals surface area contributed by atoms with Crippen LogP contribution < -0.4 is 80.2 Å². The number of carbonyl (C=O) groups excluding carboxylic acids is 14. The maximum Gasteiger partial charge on any atom is 0.315 e. The van der Waals surface area contributed by atoms with Crippen LogP contribution in [-0.4, -0.2) is 257 Å². The fourth-order valence-electron chi connectivity index (χ4n) is 11.6. The summed E-state index contributed by atoms with van der Waals surface area (Å²) in [6.45, 7) is 14.9. The van der Waals surface area contributed by atoms with Gasteiger partial charge in [-0.15, -0.1) is 0 Å². The summed E-state index contributed by atoms with van der Waals surface area (Å²) in [6.07, 6.45) is 2.42. The van der Waals surface area contributed by atoms with Gasteiger partial charge < -0.3 is 109 Å². The minimum absolute atomic E-state index is 0.00225. The summed E-state index contributed by atoms with van der Waals surface area (Å²) in [5.41, 5.74) is 6.33. The van der Waals surface area contributed by atoms with E-state index in [-0.39, 0.29) is 88.6 Å². The van der Waals surface area contributed by atoms with Crippen LogP contribution in [0.2, 0.25) is 0 Å². The molecule has 109 heavy (non-hydrogen) atoms. The summed E-state index contributed by atoms with van der Waals surface area (Å²) in [5, 5.41) is 58.4. The molecule has 0 radical (unpaired) electrons. The topological polar surface area (TPSA) is 511 Å². The second kappa shape index (κ2) is 52.0. The number of ether oxygens (including phenoxy) is 4. The molecular formula is C73H123N15O20S. The van der Waals surface area contributed by atoms with Gasteiger partial charge in [-0.3, -0.25) is 62.3 Å². The Labute approximate surface area is 643 Å². The van der Waals surface area contributed by atoms with Crippen molar-refractivity contribution >= 4 is 94.6 Å². The van der Waals surface area contributed by atoms with Gasteiger partial charge in [-0.25, -0.2) is 4.79 Å². The lowest BCUT2D eigenvalue weighted by Gasteiger charge is -2.31. The van der Waals surface area contributed by atoms with Gasteiger partial charge in [-0.2, -0.15) is 11.8 Å². The molecule has 2 saturated heterocycles. The number of aliphatic hydroxyl groups excluding tert-OH is 2. The lowest BCUT2D eigenvalue weighted by molar-refractivity contribution is -0.153. The number of aliphatic hydroxyl groups is 2. The van der Waals surface area contributed by atoms with E-state index in [1.165, 1.54) is 14.0 Å². The molecule has 0 spiro atoms. The van der Waals surface area contributed by atoms with E-state index in [0.29, 0.717) is 50.7 Å². The van der Waals surface area contributed by atoms with Crippen LogP contribution in [0.25, 0.3) is 0 Å². The van der Waals surface area contributed by atoms with Crippen molar-refractivity contribution in [3.05, 3.63) is 35.9 Å². The van der Waals surface area contributed by atoms with E-state index in [0.717, 1.165) is 30.6 Å². The number of benzene rings is 1. The lowest BCUT2D eigenvalue weighted by atomic mass is 9.94. The van der Waals surface area contributed by atoms with Crippen molar-refractivity contribution in [3.63, 3.8) is 0 Å². The number of nitrogens with one attached hydrogen (secondary N) is 14. The van der Waals surface area contributed by atoms with Crippen LogP contribution in [0, 0.1) is 23.7 Å². The van der Waals surface area contributed by atoms with Gasteiger partial charge >= 0.3 is 12.0 Å². The van der Waals surface area contributed by atoms with Crippen LogP contribution in [0.15, 0.2) is 30.3 Å². The van der Waals surface area contributed by atoms with Crippen molar-refractivity contribution in [2.45, 2.75) is 230 Å². The zero-order valence-corrected chi connectivity index (χ0v) is 65.9. The smallest absolute Gasteiger partial charge is 0.315 e. The Morgan fingerprint density at radius 1 is 0.523 bits per heavy atom. The molecule has 2 aliphatic heterocycles. The van der Waals surface area contributed by atoms with Gasteiger partial charge in [-0.1, -0.05) is 118 Å². The molecule has 1 aromatic carbocycles. The Kier molecular flexibility index (Phi) is 45.3. The van der Waals surface area contributed by atoms with E-state index in [9.17, 15) is 77.3 Å². The number of urea groups is 1. The summed E-state index contributed by atoms with van der Waals surface area (Å²) >= 11 is 1.85. The number of hydrogen-bond acceptors (Lipinski definition) is 22. The number of hydrogen-bond donors (Lipinski definition) is 17. The fraction of sp³-hybridized carbons (Fsp3) is 0.726. The van der Waals surface area contributed by atoms with E-state index in [4.69, 9.17) is 24.7 Å². The molecule has 0 bridgehead atoms. The summed E-state index contributed by atoms with van der Waals surface area (Å²) < 4.78 is 22.3. The quantitative estimate of drug-likeness (QED) is 0.0190. The van der Waals surface area contributed by atoms with E-state index in [2.05, 4.69) is 74.4 Å². The zero-order chi connectivity index (χ0) is 81.1. The van der Waals surface area contributed by atoms with E-state index >= 15 is 0 Å². The van der Waals surface area contributed by atoms with Crippen molar-refractivity contribution in [1.29, 1.82) is 0 Å². The second-order valence-corrected chi connectivity index (χ2v) is 29.0. The third kappa shape index (κ3) is 34.7. The first-order chi connectivity index (χ1) is 52.0. The number of amides is 14. The van der Waals surface area contributed by atoms with Crippen molar-refractivity contribution in [2.75, 3.05) is 85.8 Å². The number of carbonyl (C=O) groups is 14. The van der Waals surface area contributed by atoms with Gasteiger partial charge in [0.15, 0.2) is 0 Å². The minimum atomic E-state index is -1.86. The lowest BCUT2D eigenvalue weighted by Crippen LogP contribution is -2.63. The molecular weight excluding hydrogens is 1440 g/mol. The number of unbranched alkanes of at least 4 members (excludes halogenated alkanes) is 1. The largest absolute Gasteiger partial charge is 0.460 e. The maximum atomic E-state index is 14.5. The van der Waals surface area contributed by atoms with E-state index in [1.54, 1.807) is 55.5 Å². The Bertz CT molecular complexity index is 3070. The molecule has 0 aromatic heterocycles. The number of fused-ring (bicyclic) bond motifs is 1. The number of nitrogens with two attached hydrogens (primary N) is 1. The molecule has 0 aliphatic carbocycles. The highest BCUT2D eigenvalue weighted by Gasteiger charge is 2.43. The number of likely N-dealkylation sites (N-methyl/N-ethyl adjacent to an activating group) is 2. The van der Waals surface area contributed by atoms with Crippen LogP contribution in [0.3, 0.4) is 0 Å². The van der Waals surface area contributed by atoms with Crippen molar-refractivity contribution < 1.29 is 96.3 Å². The Balaban J connectivity index is 1.63. The van der Waals surface area contributed by atoms with Crippen LogP contribution >= 0.6 is 11.8 Å². The highest BCUT2D eigenvalue weighted by atomic mass is 32.2. The highest BCUT2D eigenvalue weighted by molar-refractivity contribution is 8.00. The molecule has 1 aromatic rings. The number of primary amides is 1. The highest BCUT2D eigenvalue weighted by Crippen LogP contribution is 2.33. The average molecular weight is 1560 g/mol. The third-order valence-electron chi connectivity index (χ3n) is 19.3. The molecule has 2 aliphatic rings. The third-order valence-corrected chi connectivity index (χ3v) is 20.8. The van der Waals surface area contributed by atoms with Gasteiger partial charge in [0.25, 0.3) is 0 Å². The summed E-state index contributed by atoms with van der Waals surface area (Å²) in [5.74, 6) is -11.9. The second-order valence-electron chi connectivity index (χ2n) is 27.7. The van der Waals surface area contributed by atoms with E-state index < -0.39 is 182 Å². The standard InChI is InChI=1S/C73H123N15O20S/c1-12-42(5)36-58(94)108-46(9)62(72(103)80-50(64(95)76-11)38-57(93)78-29-31-106-33-35-107-34-32-105-30-21-28-77-56(92)25-20-19-24-54-63-53(41-109-54)83-73(104)88-63)87-68(99)52(40-90)82-70(101)60(44(7)14-3)86-71(102)61(45(8)15-4)84-65(96)48(26-27-55(74)91)79-67(98)51(39-89)81-69(100)59(43(6)13-2)85-66(97)49(75-10)37-47-22-17-16-18-23-47/h16-18,22-23,42-46,48-54,59-63,75,89-90H,12-15,19-21,24-41H2,1-11H3,(H2,74,91)(H,76,95)(H,77,92)(H,78,93)(H,79,98)(H,80,103)(H,81,100)(H,82,101)(H,84,96)(H,85,97)(H,86,102)(H,87,99)(H2,83,88,104)/t42-,43-,44-,45-,46-,48+,49+,50-,51-,52-,53-,54-,59-,60-,61+,62+,63-/m0/s1. The molecule has 17 atom stereocenters. The summed E-state index contributed by atoms with van der Waals surface area (Å²) in [6, 6.07) is -4.04. The van der Waals surface area contributed by atoms with Crippen molar-refractivity contribution in [2.24, 2.45) is 29.4 Å². The first kappa shape index (κ1) is 94.9. The molecule has 2 fully saturated rings. The molecule has 2 heterocycles. The maximum absolute atomic E-state index is 14.5. The molecule has 616 valence electrons. The monoisotopic (exact) mass is 1560 g/mol. The van der Waals surface area contributed by atoms with Crippen LogP contribution in [0.4, 0.5) is 4.79 Å². The van der Waals surface area contributed by atoms with Crippen molar-refractivity contribution in [1.82, 2.24) is 74.4 Å². The van der Waals surface area contributed by atoms with Gasteiger partial charge in [0, 0.05) is 57.0 Å². The molecule has 3 rings (SSSR count). The number of rotatable bonds is 56. The number of thioether (sulfide) groups is 1. The van der Waals surface area contributed by atoms with Crippen LogP contribution in [0.5, 0.6) is 0 Å². The minimum Gasteiger partial charge on any atom is -0.460 e. The Morgan fingerprint density at radius 3 is 1.55 bits per heavy atom. The first-order valence-electron chi connectivity index (χ1n) is 38.0. The molecule has 18 N–H and O–H groups in total. The predicted octanol–water partition coefficient (Wildman–Crippen LogP) is -2.01. The predicted molar refractivity (Wildman–Crippen MR) is 405 cm³/mol. The molecule has 0 unspecified atom stereocenters. The van der Waals surface area contributed by atoms with Crippen molar-refractivity contribution in [3.8, 4) is 0 Å².